The second-order valence-electron chi connectivity index (χ2n) is 6.44. The van der Waals surface area contributed by atoms with Crippen LogP contribution in [0.15, 0.2) is 36.4 Å². The van der Waals surface area contributed by atoms with Crippen LogP contribution in [0, 0.1) is 0 Å². The minimum absolute atomic E-state index is 0.00660. The summed E-state index contributed by atoms with van der Waals surface area (Å²) in [6, 6.07) is 10.5. The summed E-state index contributed by atoms with van der Waals surface area (Å²) in [4.78, 5) is 26.6. The molecular formula is C20H19Cl3N2O3. The van der Waals surface area contributed by atoms with E-state index in [1.54, 1.807) is 0 Å². The predicted octanol–water partition coefficient (Wildman–Crippen LogP) is 5.43. The Labute approximate surface area is 178 Å². The van der Waals surface area contributed by atoms with E-state index in [1.807, 2.05) is 24.3 Å². The van der Waals surface area contributed by atoms with Crippen molar-refractivity contribution in [1.82, 2.24) is 0 Å². The molecule has 0 aromatic heterocycles. The highest BCUT2D eigenvalue weighted by Crippen LogP contribution is 2.31. The van der Waals surface area contributed by atoms with Crippen molar-refractivity contribution in [2.45, 2.75) is 19.3 Å². The van der Waals surface area contributed by atoms with Crippen molar-refractivity contribution < 1.29 is 14.3 Å². The summed E-state index contributed by atoms with van der Waals surface area (Å²) in [6.07, 6.45) is 3.67. The maximum Gasteiger partial charge on any atom is 0.341 e. The van der Waals surface area contributed by atoms with Crippen molar-refractivity contribution >= 4 is 58.1 Å². The smallest absolute Gasteiger partial charge is 0.341 e. The molecule has 8 heteroatoms. The third kappa shape index (κ3) is 5.10. The number of benzene rings is 2. The molecular weight excluding hydrogens is 423 g/mol. The van der Waals surface area contributed by atoms with Gasteiger partial charge in [-0.15, -0.1) is 0 Å². The Morgan fingerprint density at radius 3 is 2.25 bits per heavy atom. The van der Waals surface area contributed by atoms with Crippen molar-refractivity contribution in [3.05, 3.63) is 57.0 Å². The molecule has 0 bridgehead atoms. The van der Waals surface area contributed by atoms with Crippen molar-refractivity contribution in [2.24, 2.45) is 0 Å². The Morgan fingerprint density at radius 2 is 1.57 bits per heavy atom. The summed E-state index contributed by atoms with van der Waals surface area (Å²) in [5.74, 6) is -1.28. The van der Waals surface area contributed by atoms with Crippen LogP contribution in [0.4, 0.5) is 11.4 Å². The van der Waals surface area contributed by atoms with E-state index in [-0.39, 0.29) is 20.6 Å². The van der Waals surface area contributed by atoms with Crippen molar-refractivity contribution in [3.8, 4) is 0 Å². The number of nitrogens with one attached hydrogen (secondary N) is 1. The van der Waals surface area contributed by atoms with E-state index in [0.717, 1.165) is 18.8 Å². The predicted molar refractivity (Wildman–Crippen MR) is 113 cm³/mol. The molecule has 148 valence electrons. The summed E-state index contributed by atoms with van der Waals surface area (Å²) in [5, 5.41) is 2.97. The molecule has 1 heterocycles. The number of nitrogens with zero attached hydrogens (tertiary/aromatic N) is 1. The third-order valence-electron chi connectivity index (χ3n) is 4.45. The first-order chi connectivity index (χ1) is 13.5. The van der Waals surface area contributed by atoms with Gasteiger partial charge in [-0.25, -0.2) is 4.79 Å². The first-order valence-corrected chi connectivity index (χ1v) is 10.0. The number of carbonyl (C=O) groups excluding carboxylic acids is 2. The Balaban J connectivity index is 1.54. The Bertz CT molecular complexity index is 866. The van der Waals surface area contributed by atoms with Gasteiger partial charge in [0, 0.05) is 24.5 Å². The molecule has 2 aromatic rings. The van der Waals surface area contributed by atoms with E-state index in [0.29, 0.717) is 5.69 Å². The van der Waals surface area contributed by atoms with Gasteiger partial charge in [0.1, 0.15) is 0 Å². The topological polar surface area (TPSA) is 58.6 Å². The van der Waals surface area contributed by atoms with Gasteiger partial charge >= 0.3 is 5.97 Å². The van der Waals surface area contributed by atoms with Crippen molar-refractivity contribution in [1.29, 1.82) is 0 Å². The average Bonchev–Trinajstić information content (AvgIpc) is 2.71. The first-order valence-electron chi connectivity index (χ1n) is 8.91. The lowest BCUT2D eigenvalue weighted by Crippen LogP contribution is -2.29. The summed E-state index contributed by atoms with van der Waals surface area (Å²) >= 11 is 17.9. The Kier molecular flexibility index (Phi) is 7.05. The maximum atomic E-state index is 12.2. The molecule has 5 nitrogen and oxygen atoms in total. The van der Waals surface area contributed by atoms with E-state index < -0.39 is 18.5 Å². The van der Waals surface area contributed by atoms with Gasteiger partial charge in [0.25, 0.3) is 5.91 Å². The maximum absolute atomic E-state index is 12.2. The lowest BCUT2D eigenvalue weighted by molar-refractivity contribution is -0.119. The summed E-state index contributed by atoms with van der Waals surface area (Å²) in [5.41, 5.74) is 1.70. The molecule has 1 aliphatic heterocycles. The number of hydrogen-bond donors (Lipinski definition) is 1. The zero-order valence-electron chi connectivity index (χ0n) is 15.0. The van der Waals surface area contributed by atoms with E-state index in [9.17, 15) is 9.59 Å². The molecule has 0 radical (unpaired) electrons. The molecule has 1 N–H and O–H groups in total. The fraction of sp³-hybridized carbons (Fsp3) is 0.300. The molecule has 0 saturated carbocycles. The van der Waals surface area contributed by atoms with Gasteiger partial charge in [0.05, 0.1) is 20.6 Å². The zero-order chi connectivity index (χ0) is 20.1. The van der Waals surface area contributed by atoms with Gasteiger partial charge in [-0.05, 0) is 55.7 Å². The van der Waals surface area contributed by atoms with Gasteiger partial charge in [-0.2, -0.15) is 0 Å². The van der Waals surface area contributed by atoms with Crippen LogP contribution in [0.5, 0.6) is 0 Å². The van der Waals surface area contributed by atoms with Gasteiger partial charge in [-0.3, -0.25) is 4.79 Å². The number of amides is 1. The SMILES string of the molecule is O=C(COC(=O)c1c(Cl)ccc(Cl)c1Cl)Nc1ccc(N2CCCCC2)cc1. The van der Waals surface area contributed by atoms with Crippen LogP contribution < -0.4 is 10.2 Å². The molecule has 2 aromatic carbocycles. The molecule has 0 spiro atoms. The Hall–Kier alpha value is -1.95. The number of carbonyl (C=O) groups is 2. The van der Waals surface area contributed by atoms with E-state index in [4.69, 9.17) is 39.5 Å². The van der Waals surface area contributed by atoms with Crippen molar-refractivity contribution in [3.63, 3.8) is 0 Å². The van der Waals surface area contributed by atoms with Gasteiger partial charge in [0.2, 0.25) is 0 Å². The first kappa shape index (κ1) is 20.8. The lowest BCUT2D eigenvalue weighted by atomic mass is 10.1. The van der Waals surface area contributed by atoms with Crippen LogP contribution in [-0.4, -0.2) is 31.6 Å². The standard InChI is InChI=1S/C20H19Cl3N2O3/c21-15-8-9-16(22)19(23)18(15)20(27)28-12-17(26)24-13-4-6-14(7-5-13)25-10-2-1-3-11-25/h4-9H,1-3,10-12H2,(H,24,26). The van der Waals surface area contributed by atoms with Crippen LogP contribution in [0.25, 0.3) is 0 Å². The average molecular weight is 442 g/mol. The molecule has 1 fully saturated rings. The second-order valence-corrected chi connectivity index (χ2v) is 7.63. The van der Waals surface area contributed by atoms with Crippen LogP contribution in [0.1, 0.15) is 29.6 Å². The normalized spacial score (nSPS) is 13.9. The fourth-order valence-electron chi connectivity index (χ4n) is 3.02. The summed E-state index contributed by atoms with van der Waals surface area (Å²) < 4.78 is 5.01. The van der Waals surface area contributed by atoms with Crippen molar-refractivity contribution in [2.75, 3.05) is 29.9 Å². The molecule has 0 unspecified atom stereocenters. The highest BCUT2D eigenvalue weighted by atomic mass is 35.5. The van der Waals surface area contributed by atoms with E-state index in [2.05, 4.69) is 10.2 Å². The highest BCUT2D eigenvalue weighted by Gasteiger charge is 2.20. The monoisotopic (exact) mass is 440 g/mol. The lowest BCUT2D eigenvalue weighted by Gasteiger charge is -2.28. The summed E-state index contributed by atoms with van der Waals surface area (Å²) in [7, 11) is 0. The number of halogens is 3. The fourth-order valence-corrected chi connectivity index (χ4v) is 3.70. The van der Waals surface area contributed by atoms with Crippen LogP contribution in [-0.2, 0) is 9.53 Å². The number of hydrogen-bond acceptors (Lipinski definition) is 4. The molecule has 1 saturated heterocycles. The molecule has 3 rings (SSSR count). The van der Waals surface area contributed by atoms with E-state index >= 15 is 0 Å². The van der Waals surface area contributed by atoms with Gasteiger partial charge in [0.15, 0.2) is 6.61 Å². The van der Waals surface area contributed by atoms with Gasteiger partial charge in [-0.1, -0.05) is 34.8 Å². The van der Waals surface area contributed by atoms with Gasteiger partial charge < -0.3 is 15.0 Å². The molecule has 1 aliphatic rings. The second kappa shape index (κ2) is 9.50. The van der Waals surface area contributed by atoms with Crippen LogP contribution >= 0.6 is 34.8 Å². The van der Waals surface area contributed by atoms with Crippen LogP contribution in [0.2, 0.25) is 15.1 Å². The number of piperidine rings is 1. The number of rotatable bonds is 5. The zero-order valence-corrected chi connectivity index (χ0v) is 17.3. The highest BCUT2D eigenvalue weighted by molar-refractivity contribution is 6.46. The molecule has 0 aliphatic carbocycles. The van der Waals surface area contributed by atoms with Crippen LogP contribution in [0.3, 0.4) is 0 Å². The molecule has 28 heavy (non-hydrogen) atoms. The minimum Gasteiger partial charge on any atom is -0.452 e. The number of anilines is 2. The number of ether oxygens (including phenoxy) is 1. The summed E-state index contributed by atoms with van der Waals surface area (Å²) in [6.45, 7) is 1.64. The number of esters is 1. The van der Waals surface area contributed by atoms with E-state index in [1.165, 1.54) is 31.4 Å². The third-order valence-corrected chi connectivity index (χ3v) is 5.57. The minimum atomic E-state index is -0.812. The Morgan fingerprint density at radius 1 is 0.929 bits per heavy atom. The molecule has 0 atom stereocenters. The largest absolute Gasteiger partial charge is 0.452 e. The quantitative estimate of drug-likeness (QED) is 0.496. The molecule has 1 amide bonds.